The molecule has 0 saturated heterocycles. The number of carbonyl (C=O) groups excluding carboxylic acids is 3. The molecular formula is C20H32N4O4. The highest BCUT2D eigenvalue weighted by Crippen LogP contribution is 2.17. The largest absolute Gasteiger partial charge is 0.360 e. The predicted octanol–water partition coefficient (Wildman–Crippen LogP) is 2.64. The Morgan fingerprint density at radius 1 is 1.21 bits per heavy atom. The quantitative estimate of drug-likeness (QED) is 0.637. The zero-order valence-corrected chi connectivity index (χ0v) is 17.1. The van der Waals surface area contributed by atoms with E-state index in [0.29, 0.717) is 24.0 Å². The standard InChI is InChI=1S/C20H32N4O4/c1-14(2)10-11-24(13-19(26)21-16-6-4-5-7-16)20(27)9-8-18(25)22-17-12-15(3)28-23-17/h12,14,16H,4-11,13H2,1-3H3,(H,21,26)(H,22,23,25). The summed E-state index contributed by atoms with van der Waals surface area (Å²) in [5.74, 6) is 0.745. The first-order chi connectivity index (χ1) is 13.3. The lowest BCUT2D eigenvalue weighted by atomic mass is 10.1. The lowest BCUT2D eigenvalue weighted by Crippen LogP contribution is -2.44. The molecule has 0 aliphatic heterocycles. The van der Waals surface area contributed by atoms with Crippen LogP contribution in [0.4, 0.5) is 5.82 Å². The van der Waals surface area contributed by atoms with Crippen LogP contribution in [-0.2, 0) is 14.4 Å². The molecule has 0 aromatic carbocycles. The summed E-state index contributed by atoms with van der Waals surface area (Å²) in [6.07, 6.45) is 5.19. The van der Waals surface area contributed by atoms with E-state index in [0.717, 1.165) is 32.1 Å². The maximum absolute atomic E-state index is 12.6. The SMILES string of the molecule is Cc1cc(NC(=O)CCC(=O)N(CCC(C)C)CC(=O)NC2CCCC2)no1. The van der Waals surface area contributed by atoms with Crippen molar-refractivity contribution in [2.75, 3.05) is 18.4 Å². The number of aryl methyl sites for hydroxylation is 1. The highest BCUT2D eigenvalue weighted by molar-refractivity contribution is 5.93. The van der Waals surface area contributed by atoms with Gasteiger partial charge in [-0.25, -0.2) is 0 Å². The lowest BCUT2D eigenvalue weighted by Gasteiger charge is -2.24. The summed E-state index contributed by atoms with van der Waals surface area (Å²) in [5, 5.41) is 9.32. The van der Waals surface area contributed by atoms with Crippen LogP contribution in [-0.4, -0.2) is 46.9 Å². The summed E-state index contributed by atoms with van der Waals surface area (Å²) < 4.78 is 4.90. The highest BCUT2D eigenvalue weighted by Gasteiger charge is 2.22. The molecule has 1 aliphatic rings. The number of nitrogens with one attached hydrogen (secondary N) is 2. The third kappa shape index (κ3) is 7.70. The van der Waals surface area contributed by atoms with Gasteiger partial charge in [0.1, 0.15) is 5.76 Å². The zero-order chi connectivity index (χ0) is 20.5. The van der Waals surface area contributed by atoms with Gasteiger partial charge in [0.2, 0.25) is 17.7 Å². The Labute approximate surface area is 166 Å². The van der Waals surface area contributed by atoms with Crippen molar-refractivity contribution in [3.05, 3.63) is 11.8 Å². The summed E-state index contributed by atoms with van der Waals surface area (Å²) in [4.78, 5) is 38.6. The summed E-state index contributed by atoms with van der Waals surface area (Å²) >= 11 is 0. The normalized spacial score (nSPS) is 14.3. The molecule has 2 N–H and O–H groups in total. The number of amides is 3. The molecule has 8 nitrogen and oxygen atoms in total. The summed E-state index contributed by atoms with van der Waals surface area (Å²) in [6.45, 7) is 6.45. The first-order valence-corrected chi connectivity index (χ1v) is 10.1. The highest BCUT2D eigenvalue weighted by atomic mass is 16.5. The topological polar surface area (TPSA) is 105 Å². The summed E-state index contributed by atoms with van der Waals surface area (Å²) in [5.41, 5.74) is 0. The molecule has 8 heteroatoms. The van der Waals surface area contributed by atoms with Gasteiger partial charge in [-0.2, -0.15) is 0 Å². The first kappa shape index (κ1) is 21.9. The van der Waals surface area contributed by atoms with Gasteiger partial charge in [0, 0.05) is 31.5 Å². The van der Waals surface area contributed by atoms with Gasteiger partial charge in [-0.3, -0.25) is 14.4 Å². The molecule has 156 valence electrons. The average Bonchev–Trinajstić information content (AvgIpc) is 3.28. The van der Waals surface area contributed by atoms with E-state index in [4.69, 9.17) is 4.52 Å². The van der Waals surface area contributed by atoms with Gasteiger partial charge in [0.05, 0.1) is 6.54 Å². The summed E-state index contributed by atoms with van der Waals surface area (Å²) in [6, 6.07) is 1.84. The Hall–Kier alpha value is -2.38. The van der Waals surface area contributed by atoms with Crippen molar-refractivity contribution >= 4 is 23.5 Å². The van der Waals surface area contributed by atoms with Crippen molar-refractivity contribution in [1.29, 1.82) is 0 Å². The van der Waals surface area contributed by atoms with Crippen molar-refractivity contribution in [2.24, 2.45) is 5.92 Å². The maximum atomic E-state index is 12.6. The fourth-order valence-corrected chi connectivity index (χ4v) is 3.23. The van der Waals surface area contributed by atoms with Gasteiger partial charge in [0.15, 0.2) is 5.82 Å². The minimum atomic E-state index is -0.305. The second-order valence-electron chi connectivity index (χ2n) is 7.92. The van der Waals surface area contributed by atoms with Crippen molar-refractivity contribution in [2.45, 2.75) is 71.8 Å². The number of rotatable bonds is 10. The molecule has 0 unspecified atom stereocenters. The Morgan fingerprint density at radius 2 is 1.93 bits per heavy atom. The number of aromatic nitrogens is 1. The molecule has 0 spiro atoms. The van der Waals surface area contributed by atoms with Crippen molar-refractivity contribution in [3.63, 3.8) is 0 Å². The Kier molecular flexibility index (Phi) is 8.47. The molecule has 1 fully saturated rings. The van der Waals surface area contributed by atoms with E-state index < -0.39 is 0 Å². The minimum absolute atomic E-state index is 0.0349. The van der Waals surface area contributed by atoms with E-state index in [1.807, 2.05) is 0 Å². The molecule has 0 bridgehead atoms. The number of carbonyl (C=O) groups is 3. The van der Waals surface area contributed by atoms with Gasteiger partial charge in [-0.15, -0.1) is 0 Å². The third-order valence-electron chi connectivity index (χ3n) is 4.85. The van der Waals surface area contributed by atoms with E-state index in [1.54, 1.807) is 17.9 Å². The Balaban J connectivity index is 1.82. The first-order valence-electron chi connectivity index (χ1n) is 10.1. The van der Waals surface area contributed by atoms with Crippen LogP contribution < -0.4 is 10.6 Å². The molecule has 3 amide bonds. The van der Waals surface area contributed by atoms with Gasteiger partial charge in [-0.1, -0.05) is 31.8 Å². The Bertz CT molecular complexity index is 665. The fraction of sp³-hybridized carbons (Fsp3) is 0.700. The molecule has 1 saturated carbocycles. The second kappa shape index (κ2) is 10.8. The lowest BCUT2D eigenvalue weighted by molar-refractivity contribution is -0.137. The van der Waals surface area contributed by atoms with E-state index >= 15 is 0 Å². The van der Waals surface area contributed by atoms with E-state index in [-0.39, 0.29) is 43.1 Å². The van der Waals surface area contributed by atoms with E-state index in [9.17, 15) is 14.4 Å². The van der Waals surface area contributed by atoms with Crippen LogP contribution in [0.25, 0.3) is 0 Å². The summed E-state index contributed by atoms with van der Waals surface area (Å²) in [7, 11) is 0. The van der Waals surface area contributed by atoms with Crippen molar-refractivity contribution < 1.29 is 18.9 Å². The second-order valence-corrected chi connectivity index (χ2v) is 7.92. The van der Waals surface area contributed by atoms with Gasteiger partial charge in [-0.05, 0) is 32.1 Å². The molecule has 0 atom stereocenters. The number of anilines is 1. The monoisotopic (exact) mass is 392 g/mol. The van der Waals surface area contributed by atoms with Crippen LogP contribution in [0.1, 0.15) is 64.6 Å². The van der Waals surface area contributed by atoms with Crippen LogP contribution in [0.2, 0.25) is 0 Å². The van der Waals surface area contributed by atoms with Crippen LogP contribution in [0, 0.1) is 12.8 Å². The Morgan fingerprint density at radius 3 is 2.54 bits per heavy atom. The predicted molar refractivity (Wildman–Crippen MR) is 106 cm³/mol. The van der Waals surface area contributed by atoms with E-state index in [2.05, 4.69) is 29.6 Å². The van der Waals surface area contributed by atoms with Gasteiger partial charge in [0.25, 0.3) is 0 Å². The van der Waals surface area contributed by atoms with Crippen LogP contribution in [0.3, 0.4) is 0 Å². The van der Waals surface area contributed by atoms with Gasteiger partial charge < -0.3 is 20.1 Å². The molecule has 1 heterocycles. The molecular weight excluding hydrogens is 360 g/mol. The molecule has 1 aromatic heterocycles. The van der Waals surface area contributed by atoms with Crippen molar-refractivity contribution in [1.82, 2.24) is 15.4 Å². The van der Waals surface area contributed by atoms with E-state index in [1.165, 1.54) is 0 Å². The average molecular weight is 393 g/mol. The molecule has 1 aliphatic carbocycles. The van der Waals surface area contributed by atoms with Crippen molar-refractivity contribution in [3.8, 4) is 0 Å². The van der Waals surface area contributed by atoms with Gasteiger partial charge >= 0.3 is 0 Å². The van der Waals surface area contributed by atoms with Crippen LogP contribution >= 0.6 is 0 Å². The minimum Gasteiger partial charge on any atom is -0.360 e. The molecule has 0 radical (unpaired) electrons. The van der Waals surface area contributed by atoms with Crippen LogP contribution in [0.15, 0.2) is 10.6 Å². The maximum Gasteiger partial charge on any atom is 0.239 e. The number of hydrogen-bond acceptors (Lipinski definition) is 5. The fourth-order valence-electron chi connectivity index (χ4n) is 3.23. The molecule has 2 rings (SSSR count). The number of hydrogen-bond donors (Lipinski definition) is 2. The zero-order valence-electron chi connectivity index (χ0n) is 17.1. The number of nitrogens with zero attached hydrogens (tertiary/aromatic N) is 2. The molecule has 28 heavy (non-hydrogen) atoms. The smallest absolute Gasteiger partial charge is 0.239 e. The third-order valence-corrected chi connectivity index (χ3v) is 4.85. The molecule has 1 aromatic rings. The van der Waals surface area contributed by atoms with Crippen LogP contribution in [0.5, 0.6) is 0 Å².